The summed E-state index contributed by atoms with van der Waals surface area (Å²) in [7, 11) is 0. The van der Waals surface area contributed by atoms with Crippen molar-refractivity contribution in [1.29, 1.82) is 0 Å². The molecular formula is C15H22N2O. The van der Waals surface area contributed by atoms with Crippen molar-refractivity contribution in [2.75, 3.05) is 6.54 Å². The van der Waals surface area contributed by atoms with E-state index in [1.54, 1.807) is 0 Å². The van der Waals surface area contributed by atoms with E-state index in [0.717, 1.165) is 18.5 Å². The zero-order valence-corrected chi connectivity index (χ0v) is 11.0. The van der Waals surface area contributed by atoms with E-state index in [4.69, 9.17) is 5.73 Å². The average molecular weight is 246 g/mol. The fraction of sp³-hybridized carbons (Fsp3) is 0.533. The van der Waals surface area contributed by atoms with Crippen LogP contribution >= 0.6 is 0 Å². The van der Waals surface area contributed by atoms with Crippen LogP contribution in [0.5, 0.6) is 0 Å². The Kier molecular flexibility index (Phi) is 4.02. The molecule has 1 amide bonds. The third-order valence-corrected chi connectivity index (χ3v) is 4.21. The molecule has 1 aromatic rings. The fourth-order valence-electron chi connectivity index (χ4n) is 2.54. The lowest BCUT2D eigenvalue weighted by molar-refractivity contribution is 0.0850. The third kappa shape index (κ3) is 2.72. The summed E-state index contributed by atoms with van der Waals surface area (Å²) in [5.41, 5.74) is 7.65. The normalized spacial score (nSPS) is 17.0. The molecule has 2 rings (SSSR count). The van der Waals surface area contributed by atoms with Gasteiger partial charge in [0, 0.05) is 18.7 Å². The number of rotatable bonds is 5. The van der Waals surface area contributed by atoms with Crippen molar-refractivity contribution in [3.8, 4) is 0 Å². The first-order valence-electron chi connectivity index (χ1n) is 6.76. The Bertz CT molecular complexity index is 419. The number of amides is 1. The summed E-state index contributed by atoms with van der Waals surface area (Å²) in [4.78, 5) is 12.1. The van der Waals surface area contributed by atoms with Crippen LogP contribution in [0.2, 0.25) is 0 Å². The van der Waals surface area contributed by atoms with E-state index in [2.05, 4.69) is 12.2 Å². The first kappa shape index (κ1) is 13.1. The number of nitrogens with one attached hydrogen (secondary N) is 1. The smallest absolute Gasteiger partial charge is 0.251 e. The minimum absolute atomic E-state index is 0.0185. The van der Waals surface area contributed by atoms with Gasteiger partial charge in [0.1, 0.15) is 0 Å². The molecule has 0 bridgehead atoms. The molecule has 3 nitrogen and oxygen atoms in total. The molecule has 0 heterocycles. The van der Waals surface area contributed by atoms with Crippen molar-refractivity contribution >= 4 is 5.91 Å². The van der Waals surface area contributed by atoms with E-state index in [1.165, 1.54) is 19.3 Å². The van der Waals surface area contributed by atoms with Crippen LogP contribution in [0.4, 0.5) is 0 Å². The minimum atomic E-state index is 0.0185. The van der Waals surface area contributed by atoms with Crippen LogP contribution in [-0.4, -0.2) is 12.5 Å². The molecule has 1 aliphatic rings. The summed E-state index contributed by atoms with van der Waals surface area (Å²) in [5, 5.41) is 3.06. The van der Waals surface area contributed by atoms with E-state index in [0.29, 0.717) is 17.5 Å². The zero-order valence-electron chi connectivity index (χ0n) is 11.0. The van der Waals surface area contributed by atoms with Gasteiger partial charge in [-0.05, 0) is 42.4 Å². The highest BCUT2D eigenvalue weighted by molar-refractivity contribution is 5.94. The summed E-state index contributed by atoms with van der Waals surface area (Å²) in [6, 6.07) is 7.54. The highest BCUT2D eigenvalue weighted by Crippen LogP contribution is 2.43. The van der Waals surface area contributed by atoms with E-state index >= 15 is 0 Å². The van der Waals surface area contributed by atoms with Crippen LogP contribution in [0.3, 0.4) is 0 Å². The molecule has 0 aromatic heterocycles. The van der Waals surface area contributed by atoms with Gasteiger partial charge in [-0.3, -0.25) is 4.79 Å². The van der Waals surface area contributed by atoms with E-state index in [9.17, 15) is 4.79 Å². The van der Waals surface area contributed by atoms with Gasteiger partial charge in [0.25, 0.3) is 5.91 Å². The van der Waals surface area contributed by atoms with Gasteiger partial charge >= 0.3 is 0 Å². The number of benzene rings is 1. The van der Waals surface area contributed by atoms with Crippen LogP contribution in [0.1, 0.15) is 48.5 Å². The van der Waals surface area contributed by atoms with Crippen molar-refractivity contribution in [3.05, 3.63) is 35.4 Å². The second-order valence-electron chi connectivity index (χ2n) is 5.29. The zero-order chi connectivity index (χ0) is 13.0. The highest BCUT2D eigenvalue weighted by atomic mass is 16.1. The van der Waals surface area contributed by atoms with Gasteiger partial charge in [-0.25, -0.2) is 0 Å². The van der Waals surface area contributed by atoms with E-state index < -0.39 is 0 Å². The van der Waals surface area contributed by atoms with Gasteiger partial charge in [-0.2, -0.15) is 0 Å². The lowest BCUT2D eigenvalue weighted by Crippen LogP contribution is -2.41. The molecule has 1 aromatic carbocycles. The maximum atomic E-state index is 12.1. The first-order valence-corrected chi connectivity index (χ1v) is 6.76. The average Bonchev–Trinajstić information content (AvgIpc) is 2.38. The molecule has 1 saturated carbocycles. The number of hydrogen-bond donors (Lipinski definition) is 2. The van der Waals surface area contributed by atoms with Gasteiger partial charge in [0.05, 0.1) is 0 Å². The Morgan fingerprint density at radius 2 is 2.22 bits per heavy atom. The standard InChI is InChI=1S/C15H22N2O/c1-2-15(7-4-8-15)11-17-14(18)13-6-3-5-12(9-13)10-16/h3,5-6,9H,2,4,7-8,10-11,16H2,1H3,(H,17,18). The van der Waals surface area contributed by atoms with Crippen molar-refractivity contribution < 1.29 is 4.79 Å². The monoisotopic (exact) mass is 246 g/mol. The van der Waals surface area contributed by atoms with Gasteiger partial charge in [-0.15, -0.1) is 0 Å². The van der Waals surface area contributed by atoms with Crippen LogP contribution in [0.15, 0.2) is 24.3 Å². The van der Waals surface area contributed by atoms with Crippen LogP contribution < -0.4 is 11.1 Å². The van der Waals surface area contributed by atoms with Crippen LogP contribution in [-0.2, 0) is 6.54 Å². The van der Waals surface area contributed by atoms with Gasteiger partial charge in [0.15, 0.2) is 0 Å². The molecule has 0 unspecified atom stereocenters. The molecule has 1 aliphatic carbocycles. The number of hydrogen-bond acceptors (Lipinski definition) is 2. The topological polar surface area (TPSA) is 55.1 Å². The second kappa shape index (κ2) is 5.53. The van der Waals surface area contributed by atoms with Crippen molar-refractivity contribution in [3.63, 3.8) is 0 Å². The molecule has 0 spiro atoms. The van der Waals surface area contributed by atoms with Gasteiger partial charge in [0.2, 0.25) is 0 Å². The summed E-state index contributed by atoms with van der Waals surface area (Å²) in [6.07, 6.45) is 4.93. The SMILES string of the molecule is CCC1(CNC(=O)c2cccc(CN)c2)CCC1. The predicted octanol–water partition coefficient (Wildman–Crippen LogP) is 2.46. The Balaban J connectivity index is 1.95. The molecule has 0 atom stereocenters. The maximum Gasteiger partial charge on any atom is 0.251 e. The summed E-state index contributed by atoms with van der Waals surface area (Å²) in [5.74, 6) is 0.0185. The minimum Gasteiger partial charge on any atom is -0.351 e. The molecule has 3 heteroatoms. The number of carbonyl (C=O) groups excluding carboxylic acids is 1. The molecule has 0 radical (unpaired) electrons. The molecular weight excluding hydrogens is 224 g/mol. The second-order valence-corrected chi connectivity index (χ2v) is 5.29. The van der Waals surface area contributed by atoms with Crippen molar-refractivity contribution in [1.82, 2.24) is 5.32 Å². The predicted molar refractivity (Wildman–Crippen MR) is 73.2 cm³/mol. The van der Waals surface area contributed by atoms with Crippen molar-refractivity contribution in [2.24, 2.45) is 11.1 Å². The van der Waals surface area contributed by atoms with Crippen LogP contribution in [0, 0.1) is 5.41 Å². The van der Waals surface area contributed by atoms with Gasteiger partial charge < -0.3 is 11.1 Å². The van der Waals surface area contributed by atoms with Gasteiger partial charge in [-0.1, -0.05) is 25.5 Å². The quantitative estimate of drug-likeness (QED) is 0.838. The summed E-state index contributed by atoms with van der Waals surface area (Å²) < 4.78 is 0. The molecule has 3 N–H and O–H groups in total. The maximum absolute atomic E-state index is 12.1. The number of carbonyl (C=O) groups is 1. The molecule has 1 fully saturated rings. The van der Waals surface area contributed by atoms with Crippen LogP contribution in [0.25, 0.3) is 0 Å². The Hall–Kier alpha value is -1.35. The Morgan fingerprint density at radius 1 is 1.44 bits per heavy atom. The molecule has 18 heavy (non-hydrogen) atoms. The Labute approximate surface area is 109 Å². The van der Waals surface area contributed by atoms with Crippen molar-refractivity contribution in [2.45, 2.75) is 39.2 Å². The summed E-state index contributed by atoms with van der Waals surface area (Å²) in [6.45, 7) is 3.48. The molecule has 0 saturated heterocycles. The highest BCUT2D eigenvalue weighted by Gasteiger charge is 2.35. The number of nitrogens with two attached hydrogens (primary N) is 1. The first-order chi connectivity index (χ1) is 8.69. The Morgan fingerprint density at radius 3 is 2.78 bits per heavy atom. The third-order valence-electron chi connectivity index (χ3n) is 4.21. The molecule has 0 aliphatic heterocycles. The van der Waals surface area contributed by atoms with E-state index in [-0.39, 0.29) is 5.91 Å². The summed E-state index contributed by atoms with van der Waals surface area (Å²) >= 11 is 0. The van der Waals surface area contributed by atoms with E-state index in [1.807, 2.05) is 24.3 Å². The largest absolute Gasteiger partial charge is 0.351 e. The lowest BCUT2D eigenvalue weighted by atomic mass is 9.67. The molecule has 98 valence electrons. The fourth-order valence-corrected chi connectivity index (χ4v) is 2.54. The lowest BCUT2D eigenvalue weighted by Gasteiger charge is -2.41.